The number of nitrogens with zero attached hydrogens (tertiary/aromatic N) is 3. The smallest absolute Gasteiger partial charge is 0.191 e. The summed E-state index contributed by atoms with van der Waals surface area (Å²) in [5, 5.41) is 7.11. The van der Waals surface area contributed by atoms with Crippen LogP contribution in [-0.2, 0) is 0 Å². The predicted molar refractivity (Wildman–Crippen MR) is 108 cm³/mol. The molecule has 2 aliphatic rings. The second-order valence-corrected chi connectivity index (χ2v) is 7.69. The predicted octanol–water partition coefficient (Wildman–Crippen LogP) is 2.54. The largest absolute Gasteiger partial charge is 0.357 e. The lowest BCUT2D eigenvalue weighted by molar-refractivity contribution is 0.188. The van der Waals surface area contributed by atoms with Crippen molar-refractivity contribution in [2.75, 3.05) is 52.4 Å². The molecule has 2 heterocycles. The highest BCUT2D eigenvalue weighted by atomic mass is 15.2. The summed E-state index contributed by atoms with van der Waals surface area (Å²) in [6.07, 6.45) is 7.68. The number of hydrogen-bond donors (Lipinski definition) is 2. The molecule has 5 nitrogen and oxygen atoms in total. The van der Waals surface area contributed by atoms with E-state index in [0.717, 1.165) is 25.0 Å². The Labute approximate surface area is 155 Å². The van der Waals surface area contributed by atoms with Crippen molar-refractivity contribution < 1.29 is 0 Å². The Bertz CT molecular complexity index is 368. The van der Waals surface area contributed by atoms with Gasteiger partial charge in [0.15, 0.2) is 5.96 Å². The molecular weight excluding hydrogens is 310 g/mol. The summed E-state index contributed by atoms with van der Waals surface area (Å²) in [7, 11) is 0. The zero-order valence-corrected chi connectivity index (χ0v) is 16.9. The molecule has 0 aromatic heterocycles. The van der Waals surface area contributed by atoms with E-state index >= 15 is 0 Å². The van der Waals surface area contributed by atoms with Gasteiger partial charge in [-0.3, -0.25) is 4.99 Å². The number of aliphatic imine (C=N–C) groups is 1. The second kappa shape index (κ2) is 11.7. The summed E-state index contributed by atoms with van der Waals surface area (Å²) in [5.74, 6) is 1.90. The molecule has 0 bridgehead atoms. The molecule has 2 saturated heterocycles. The molecule has 0 spiro atoms. The topological polar surface area (TPSA) is 42.9 Å². The third-order valence-electron chi connectivity index (χ3n) is 5.77. The van der Waals surface area contributed by atoms with Gasteiger partial charge in [0.1, 0.15) is 0 Å². The van der Waals surface area contributed by atoms with Gasteiger partial charge in [-0.05, 0) is 77.5 Å². The molecule has 25 heavy (non-hydrogen) atoms. The molecule has 5 heteroatoms. The summed E-state index contributed by atoms with van der Waals surface area (Å²) >= 11 is 0. The summed E-state index contributed by atoms with van der Waals surface area (Å²) in [4.78, 5) is 10.0. The van der Waals surface area contributed by atoms with Gasteiger partial charge in [-0.1, -0.05) is 13.8 Å². The Kier molecular flexibility index (Phi) is 9.63. The van der Waals surface area contributed by atoms with Crippen LogP contribution in [0.15, 0.2) is 4.99 Å². The minimum Gasteiger partial charge on any atom is -0.357 e. The molecule has 2 fully saturated rings. The van der Waals surface area contributed by atoms with Crippen LogP contribution in [0.1, 0.15) is 59.3 Å². The van der Waals surface area contributed by atoms with Gasteiger partial charge >= 0.3 is 0 Å². The van der Waals surface area contributed by atoms with E-state index in [-0.39, 0.29) is 0 Å². The van der Waals surface area contributed by atoms with Gasteiger partial charge in [0.2, 0.25) is 0 Å². The van der Waals surface area contributed by atoms with E-state index in [9.17, 15) is 0 Å². The first kappa shape index (κ1) is 20.5. The SMILES string of the molecule is CCCN1CCC(NC(=NCCC2CCN(CC)CC2)NCC)CC1. The van der Waals surface area contributed by atoms with E-state index in [4.69, 9.17) is 4.99 Å². The summed E-state index contributed by atoms with van der Waals surface area (Å²) in [6, 6.07) is 0.582. The molecule has 146 valence electrons. The second-order valence-electron chi connectivity index (χ2n) is 7.69. The van der Waals surface area contributed by atoms with Crippen LogP contribution in [0.2, 0.25) is 0 Å². The Balaban J connectivity index is 1.69. The first-order chi connectivity index (χ1) is 12.2. The number of likely N-dealkylation sites (tertiary alicyclic amines) is 2. The number of piperidine rings is 2. The van der Waals surface area contributed by atoms with Crippen molar-refractivity contribution in [3.8, 4) is 0 Å². The van der Waals surface area contributed by atoms with Crippen molar-refractivity contribution in [3.63, 3.8) is 0 Å². The molecule has 2 aliphatic heterocycles. The van der Waals surface area contributed by atoms with Crippen molar-refractivity contribution in [2.24, 2.45) is 10.9 Å². The van der Waals surface area contributed by atoms with Crippen LogP contribution in [0.4, 0.5) is 0 Å². The fourth-order valence-electron chi connectivity index (χ4n) is 4.08. The fourth-order valence-corrected chi connectivity index (χ4v) is 4.08. The highest BCUT2D eigenvalue weighted by Gasteiger charge is 2.20. The third kappa shape index (κ3) is 7.53. The summed E-state index contributed by atoms with van der Waals surface area (Å²) in [5.41, 5.74) is 0. The van der Waals surface area contributed by atoms with Crippen molar-refractivity contribution in [2.45, 2.75) is 65.3 Å². The van der Waals surface area contributed by atoms with E-state index in [0.29, 0.717) is 6.04 Å². The highest BCUT2D eigenvalue weighted by Crippen LogP contribution is 2.20. The maximum Gasteiger partial charge on any atom is 0.191 e. The Morgan fingerprint density at radius 2 is 1.64 bits per heavy atom. The molecule has 0 aromatic rings. The first-order valence-electron chi connectivity index (χ1n) is 10.7. The van der Waals surface area contributed by atoms with Gasteiger partial charge in [-0.25, -0.2) is 0 Å². The monoisotopic (exact) mass is 351 g/mol. The van der Waals surface area contributed by atoms with Gasteiger partial charge < -0.3 is 20.4 Å². The lowest BCUT2D eigenvalue weighted by Gasteiger charge is -2.33. The molecule has 0 saturated carbocycles. The molecule has 2 N–H and O–H groups in total. The number of rotatable bonds is 8. The molecule has 2 rings (SSSR count). The summed E-state index contributed by atoms with van der Waals surface area (Å²) in [6.45, 7) is 16.0. The van der Waals surface area contributed by atoms with Crippen LogP contribution < -0.4 is 10.6 Å². The third-order valence-corrected chi connectivity index (χ3v) is 5.77. The number of hydrogen-bond acceptors (Lipinski definition) is 3. The van der Waals surface area contributed by atoms with Crippen molar-refractivity contribution >= 4 is 5.96 Å². The molecular formula is C20H41N5. The highest BCUT2D eigenvalue weighted by molar-refractivity contribution is 5.80. The molecule has 0 unspecified atom stereocenters. The summed E-state index contributed by atoms with van der Waals surface area (Å²) < 4.78 is 0. The van der Waals surface area contributed by atoms with E-state index in [1.807, 2.05) is 0 Å². The lowest BCUT2D eigenvalue weighted by atomic mass is 9.94. The van der Waals surface area contributed by atoms with Crippen molar-refractivity contribution in [3.05, 3.63) is 0 Å². The fraction of sp³-hybridized carbons (Fsp3) is 0.950. The average Bonchev–Trinajstić information content (AvgIpc) is 2.64. The van der Waals surface area contributed by atoms with Crippen LogP contribution in [0.25, 0.3) is 0 Å². The number of guanidine groups is 1. The molecule has 0 atom stereocenters. The average molecular weight is 352 g/mol. The van der Waals surface area contributed by atoms with Gasteiger partial charge in [-0.2, -0.15) is 0 Å². The van der Waals surface area contributed by atoms with Crippen LogP contribution in [0.5, 0.6) is 0 Å². The zero-order chi connectivity index (χ0) is 17.9. The van der Waals surface area contributed by atoms with E-state index in [2.05, 4.69) is 41.2 Å². The van der Waals surface area contributed by atoms with Crippen molar-refractivity contribution in [1.82, 2.24) is 20.4 Å². The zero-order valence-electron chi connectivity index (χ0n) is 16.9. The first-order valence-corrected chi connectivity index (χ1v) is 10.7. The normalized spacial score (nSPS) is 22.3. The van der Waals surface area contributed by atoms with Crippen LogP contribution in [-0.4, -0.2) is 74.2 Å². The van der Waals surface area contributed by atoms with Crippen LogP contribution in [0.3, 0.4) is 0 Å². The minimum atomic E-state index is 0.582. The minimum absolute atomic E-state index is 0.582. The molecule has 0 amide bonds. The molecule has 0 radical (unpaired) electrons. The Hall–Kier alpha value is -0.810. The van der Waals surface area contributed by atoms with Crippen molar-refractivity contribution in [1.29, 1.82) is 0 Å². The number of nitrogens with one attached hydrogen (secondary N) is 2. The van der Waals surface area contributed by atoms with Crippen LogP contribution in [0, 0.1) is 5.92 Å². The van der Waals surface area contributed by atoms with E-state index < -0.39 is 0 Å². The molecule has 0 aromatic carbocycles. The maximum absolute atomic E-state index is 4.86. The van der Waals surface area contributed by atoms with Gasteiger partial charge in [0.05, 0.1) is 0 Å². The van der Waals surface area contributed by atoms with Gasteiger partial charge in [0, 0.05) is 32.2 Å². The van der Waals surface area contributed by atoms with E-state index in [1.165, 1.54) is 77.8 Å². The Morgan fingerprint density at radius 3 is 2.24 bits per heavy atom. The van der Waals surface area contributed by atoms with Crippen LogP contribution >= 0.6 is 0 Å². The Morgan fingerprint density at radius 1 is 0.960 bits per heavy atom. The van der Waals surface area contributed by atoms with E-state index in [1.54, 1.807) is 0 Å². The lowest BCUT2D eigenvalue weighted by Crippen LogP contribution is -2.48. The maximum atomic E-state index is 4.86. The standard InChI is InChI=1S/C20H41N5/c1-4-13-25-16-10-19(11-17-25)23-20(21-5-2)22-12-7-18-8-14-24(6-3)15-9-18/h18-19H,4-17H2,1-3H3,(H2,21,22,23). The quantitative estimate of drug-likeness (QED) is 0.521. The van der Waals surface area contributed by atoms with Gasteiger partial charge in [0.25, 0.3) is 0 Å². The molecule has 0 aliphatic carbocycles. The van der Waals surface area contributed by atoms with Gasteiger partial charge in [-0.15, -0.1) is 0 Å².